The van der Waals surface area contributed by atoms with E-state index in [4.69, 9.17) is 18.9 Å². The number of nitrogens with one attached hydrogen (secondary N) is 1. The number of rotatable bonds is 14. The molecule has 0 bridgehead atoms. The summed E-state index contributed by atoms with van der Waals surface area (Å²) in [6, 6.07) is 9.95. The van der Waals surface area contributed by atoms with Crippen molar-refractivity contribution in [1.29, 1.82) is 0 Å². The molecule has 2 aromatic rings. The van der Waals surface area contributed by atoms with Gasteiger partial charge in [-0.25, -0.2) is 4.79 Å². The smallest absolute Gasteiger partial charge is 0.486 e. The first-order valence-electron chi connectivity index (χ1n) is 14.5. The van der Waals surface area contributed by atoms with Crippen molar-refractivity contribution in [2.45, 2.75) is 70.4 Å². The summed E-state index contributed by atoms with van der Waals surface area (Å²) in [7, 11) is 0. The summed E-state index contributed by atoms with van der Waals surface area (Å²) in [6.07, 6.45) is 5.80. The van der Waals surface area contributed by atoms with E-state index >= 15 is 0 Å². The van der Waals surface area contributed by atoms with Crippen LogP contribution in [-0.2, 0) is 9.53 Å². The third kappa shape index (κ3) is 9.07. The van der Waals surface area contributed by atoms with Crippen LogP contribution in [0.2, 0.25) is 0 Å². The van der Waals surface area contributed by atoms with Crippen LogP contribution in [0.5, 0.6) is 17.2 Å². The van der Waals surface area contributed by atoms with Crippen molar-refractivity contribution >= 4 is 17.7 Å². The van der Waals surface area contributed by atoms with Gasteiger partial charge < -0.3 is 29.2 Å². The van der Waals surface area contributed by atoms with E-state index in [0.717, 1.165) is 58.0 Å². The summed E-state index contributed by atoms with van der Waals surface area (Å²) in [6.45, 7) is 5.27. The van der Waals surface area contributed by atoms with Crippen LogP contribution < -0.4 is 19.5 Å². The Morgan fingerprint density at radius 3 is 2.41 bits per heavy atom. The number of carbonyl (C=O) groups is 2. The first-order chi connectivity index (χ1) is 19.9. The third-order valence-electron chi connectivity index (χ3n) is 7.24. The Labute approximate surface area is 240 Å². The van der Waals surface area contributed by atoms with E-state index in [2.05, 4.69) is 17.1 Å². The molecular formula is C30H39N3O8. The predicted octanol–water partition coefficient (Wildman–Crippen LogP) is 5.56. The number of nitro benzene ring substituents is 1. The molecule has 41 heavy (non-hydrogen) atoms. The SMILES string of the molecule is CCCCCCCC(=O)N[C@H](CN1CCCC1)[C@H](OC(=O)Oc1ccc([N+](=O)[O-])cc1)c1ccc2c(c1)OCCO2. The lowest BCUT2D eigenvalue weighted by molar-refractivity contribution is -0.384. The summed E-state index contributed by atoms with van der Waals surface area (Å²) in [5.41, 5.74) is 0.505. The number of hydrogen-bond acceptors (Lipinski definition) is 9. The lowest BCUT2D eigenvalue weighted by Crippen LogP contribution is -2.48. The van der Waals surface area contributed by atoms with Crippen LogP contribution in [0, 0.1) is 10.1 Å². The Morgan fingerprint density at radius 1 is 1.00 bits per heavy atom. The van der Waals surface area contributed by atoms with E-state index in [-0.39, 0.29) is 17.3 Å². The average molecular weight is 570 g/mol. The maximum absolute atomic E-state index is 13.1. The van der Waals surface area contributed by atoms with E-state index in [1.807, 2.05) is 0 Å². The van der Waals surface area contributed by atoms with Crippen molar-refractivity contribution in [1.82, 2.24) is 10.2 Å². The normalized spacial score (nSPS) is 16.0. The summed E-state index contributed by atoms with van der Waals surface area (Å²) >= 11 is 0. The fourth-order valence-electron chi connectivity index (χ4n) is 5.11. The van der Waals surface area contributed by atoms with Crippen molar-refractivity contribution in [3.05, 3.63) is 58.1 Å². The lowest BCUT2D eigenvalue weighted by Gasteiger charge is -2.31. The Kier molecular flexibility index (Phi) is 11.2. The molecule has 2 aliphatic heterocycles. The number of nitro groups is 1. The molecule has 0 saturated carbocycles. The van der Waals surface area contributed by atoms with E-state index < -0.39 is 23.2 Å². The lowest BCUT2D eigenvalue weighted by atomic mass is 10.00. The van der Waals surface area contributed by atoms with Gasteiger partial charge in [0, 0.05) is 25.1 Å². The molecule has 2 aliphatic rings. The summed E-state index contributed by atoms with van der Waals surface area (Å²) < 4.78 is 22.7. The van der Waals surface area contributed by atoms with Crippen LogP contribution >= 0.6 is 0 Å². The van der Waals surface area contributed by atoms with Gasteiger partial charge in [-0.05, 0) is 62.2 Å². The van der Waals surface area contributed by atoms with Crippen LogP contribution in [0.25, 0.3) is 0 Å². The summed E-state index contributed by atoms with van der Waals surface area (Å²) in [4.78, 5) is 38.8. The fourth-order valence-corrected chi connectivity index (χ4v) is 5.11. The zero-order valence-electron chi connectivity index (χ0n) is 23.5. The minimum Gasteiger partial charge on any atom is -0.486 e. The third-order valence-corrected chi connectivity index (χ3v) is 7.24. The van der Waals surface area contributed by atoms with Gasteiger partial charge in [-0.15, -0.1) is 0 Å². The summed E-state index contributed by atoms with van der Waals surface area (Å²) in [5.74, 6) is 1.14. The Bertz CT molecular complexity index is 1170. The van der Waals surface area contributed by atoms with E-state index in [0.29, 0.717) is 43.2 Å². The topological polar surface area (TPSA) is 129 Å². The molecule has 0 aliphatic carbocycles. The second-order valence-electron chi connectivity index (χ2n) is 10.4. The Balaban J connectivity index is 1.55. The standard InChI is InChI=1S/C30H39N3O8/c1-2-3-4-5-6-9-28(34)31-25(21-32-16-7-8-17-32)29(22-10-15-26-27(20-22)39-19-18-38-26)41-30(35)40-24-13-11-23(12-14-24)33(36)37/h10-15,20,25,29H,2-9,16-19,21H2,1H3,(H,31,34)/t25-,29-/m1/s1. The van der Waals surface area contributed by atoms with Gasteiger partial charge in [0.25, 0.3) is 5.69 Å². The molecule has 2 aromatic carbocycles. The monoisotopic (exact) mass is 569 g/mol. The second-order valence-corrected chi connectivity index (χ2v) is 10.4. The number of likely N-dealkylation sites (tertiary alicyclic amines) is 1. The molecule has 0 radical (unpaired) electrons. The van der Waals surface area contributed by atoms with Crippen molar-refractivity contribution in [3.8, 4) is 17.2 Å². The average Bonchev–Trinajstić information content (AvgIpc) is 3.49. The molecule has 222 valence electrons. The zero-order valence-corrected chi connectivity index (χ0v) is 23.5. The van der Waals surface area contributed by atoms with E-state index in [1.54, 1.807) is 18.2 Å². The molecule has 0 aromatic heterocycles. The maximum atomic E-state index is 13.1. The molecule has 1 saturated heterocycles. The number of fused-ring (bicyclic) bond motifs is 1. The molecule has 0 unspecified atom stereocenters. The number of amides is 1. The predicted molar refractivity (Wildman–Crippen MR) is 151 cm³/mol. The molecule has 1 fully saturated rings. The van der Waals surface area contributed by atoms with Crippen LogP contribution in [-0.4, -0.2) is 60.8 Å². The van der Waals surface area contributed by atoms with E-state index in [9.17, 15) is 19.7 Å². The fraction of sp³-hybridized carbons (Fsp3) is 0.533. The molecule has 1 N–H and O–H groups in total. The van der Waals surface area contributed by atoms with Crippen LogP contribution in [0.15, 0.2) is 42.5 Å². The van der Waals surface area contributed by atoms with Gasteiger partial charge in [0.2, 0.25) is 5.91 Å². The van der Waals surface area contributed by atoms with Gasteiger partial charge in [0.1, 0.15) is 19.0 Å². The molecule has 11 heteroatoms. The highest BCUT2D eigenvalue weighted by atomic mass is 16.7. The second kappa shape index (κ2) is 15.2. The van der Waals surface area contributed by atoms with Gasteiger partial charge in [-0.2, -0.15) is 0 Å². The van der Waals surface area contributed by atoms with Crippen LogP contribution in [0.3, 0.4) is 0 Å². The highest BCUT2D eigenvalue weighted by Crippen LogP contribution is 2.35. The number of non-ortho nitro benzene ring substituents is 1. The molecular weight excluding hydrogens is 530 g/mol. The van der Waals surface area contributed by atoms with Gasteiger partial charge in [0.05, 0.1) is 11.0 Å². The van der Waals surface area contributed by atoms with Crippen molar-refractivity contribution < 1.29 is 33.5 Å². The van der Waals surface area contributed by atoms with Gasteiger partial charge in [-0.3, -0.25) is 14.9 Å². The number of ether oxygens (including phenoxy) is 4. The highest BCUT2D eigenvalue weighted by Gasteiger charge is 2.33. The van der Waals surface area contributed by atoms with Crippen molar-refractivity contribution in [3.63, 3.8) is 0 Å². The largest absolute Gasteiger partial charge is 0.514 e. The number of unbranched alkanes of at least 4 members (excludes halogenated alkanes) is 4. The number of nitrogens with zero attached hydrogens (tertiary/aromatic N) is 2. The quantitative estimate of drug-likeness (QED) is 0.102. The van der Waals surface area contributed by atoms with Gasteiger partial charge >= 0.3 is 6.16 Å². The molecule has 4 rings (SSSR count). The minimum absolute atomic E-state index is 0.0967. The van der Waals surface area contributed by atoms with Crippen LogP contribution in [0.1, 0.15) is 70.0 Å². The van der Waals surface area contributed by atoms with Crippen LogP contribution in [0.4, 0.5) is 10.5 Å². The number of carbonyl (C=O) groups excluding carboxylic acids is 2. The molecule has 0 spiro atoms. The number of benzene rings is 2. The minimum atomic E-state index is -0.987. The molecule has 11 nitrogen and oxygen atoms in total. The Hall–Kier alpha value is -3.86. The van der Waals surface area contributed by atoms with E-state index in [1.165, 1.54) is 24.3 Å². The zero-order chi connectivity index (χ0) is 29.0. The molecule has 2 heterocycles. The highest BCUT2D eigenvalue weighted by molar-refractivity contribution is 5.76. The van der Waals surface area contributed by atoms with Gasteiger partial charge in [0.15, 0.2) is 17.6 Å². The first-order valence-corrected chi connectivity index (χ1v) is 14.5. The van der Waals surface area contributed by atoms with Crippen molar-refractivity contribution in [2.75, 3.05) is 32.8 Å². The number of hydrogen-bond donors (Lipinski definition) is 1. The molecule has 2 atom stereocenters. The molecule has 1 amide bonds. The summed E-state index contributed by atoms with van der Waals surface area (Å²) in [5, 5.41) is 14.1. The Morgan fingerprint density at radius 2 is 1.71 bits per heavy atom. The first kappa shape index (κ1) is 30.1. The van der Waals surface area contributed by atoms with Crippen molar-refractivity contribution in [2.24, 2.45) is 0 Å². The maximum Gasteiger partial charge on any atom is 0.514 e. The van der Waals surface area contributed by atoms with Gasteiger partial charge in [-0.1, -0.05) is 38.7 Å².